The lowest BCUT2D eigenvalue weighted by Gasteiger charge is -2.29. The molecule has 2 aliphatic carbocycles. The van der Waals surface area contributed by atoms with Gasteiger partial charge < -0.3 is 10.2 Å². The summed E-state index contributed by atoms with van der Waals surface area (Å²) in [6.07, 6.45) is 11.1. The number of fused-ring (bicyclic) bond motifs is 2. The quantitative estimate of drug-likeness (QED) is 0.669. The molecule has 5 heteroatoms. The number of nitrogens with one attached hydrogen (secondary N) is 1. The zero-order chi connectivity index (χ0) is 15.4. The van der Waals surface area contributed by atoms with Gasteiger partial charge in [0.05, 0.1) is 12.5 Å². The number of hydrogen-bond acceptors (Lipinski definition) is 3. The van der Waals surface area contributed by atoms with E-state index in [1.165, 1.54) is 12.8 Å². The molecule has 1 aromatic rings. The minimum absolute atomic E-state index is 0.449. The maximum absolute atomic E-state index is 8.87. The van der Waals surface area contributed by atoms with E-state index in [1.54, 1.807) is 12.4 Å². The number of aromatic nitrogens is 1. The summed E-state index contributed by atoms with van der Waals surface area (Å²) < 4.78 is 0. The van der Waals surface area contributed by atoms with E-state index in [0.717, 1.165) is 16.6 Å². The highest BCUT2D eigenvalue weighted by atomic mass is 32.1. The fraction of sp³-hybridized carbons (Fsp3) is 0.471. The molecule has 3 rings (SSSR count). The van der Waals surface area contributed by atoms with Crippen LogP contribution in [-0.4, -0.2) is 27.6 Å². The maximum Gasteiger partial charge on any atom is 0.169 e. The van der Waals surface area contributed by atoms with Crippen LogP contribution in [0, 0.1) is 23.2 Å². The number of nitrogens with zero attached hydrogens (tertiary/aromatic N) is 3. The van der Waals surface area contributed by atoms with Crippen LogP contribution >= 0.6 is 12.2 Å². The molecule has 0 aliphatic heterocycles. The second kappa shape index (κ2) is 6.89. The standard InChI is InChI=1S/C17H20N4S/c18-6-1-9-21(12-13-4-7-19-8-5-13)17(22)20-16-11-14-2-3-15(16)10-14/h2-5,7-8,14-16H,1,9-12H2,(H,20,22)/t14-,15+,16+/m1/s1. The van der Waals surface area contributed by atoms with Crippen LogP contribution in [0.1, 0.15) is 24.8 Å². The lowest BCUT2D eigenvalue weighted by molar-refractivity contribution is 0.396. The molecule has 3 atom stereocenters. The smallest absolute Gasteiger partial charge is 0.169 e. The molecule has 1 saturated carbocycles. The van der Waals surface area contributed by atoms with Crippen molar-refractivity contribution in [3.05, 3.63) is 42.2 Å². The van der Waals surface area contributed by atoms with Gasteiger partial charge in [0.2, 0.25) is 0 Å². The fourth-order valence-electron chi connectivity index (χ4n) is 3.34. The van der Waals surface area contributed by atoms with Crippen LogP contribution in [0.2, 0.25) is 0 Å². The van der Waals surface area contributed by atoms with Gasteiger partial charge in [0, 0.05) is 31.5 Å². The molecule has 4 nitrogen and oxygen atoms in total. The van der Waals surface area contributed by atoms with E-state index in [2.05, 4.69) is 33.4 Å². The highest BCUT2D eigenvalue weighted by Gasteiger charge is 2.36. The molecule has 2 bridgehead atoms. The normalized spacial score (nSPS) is 25.0. The van der Waals surface area contributed by atoms with Gasteiger partial charge in [0.15, 0.2) is 5.11 Å². The zero-order valence-corrected chi connectivity index (χ0v) is 13.3. The molecule has 0 saturated heterocycles. The number of allylic oxidation sites excluding steroid dienone is 1. The van der Waals surface area contributed by atoms with Crippen LogP contribution in [0.25, 0.3) is 0 Å². The average molecular weight is 312 g/mol. The lowest BCUT2D eigenvalue weighted by Crippen LogP contribution is -2.46. The van der Waals surface area contributed by atoms with E-state index < -0.39 is 0 Å². The number of thiocarbonyl (C=S) groups is 1. The summed E-state index contributed by atoms with van der Waals surface area (Å²) in [4.78, 5) is 6.13. The number of nitriles is 1. The molecular formula is C17H20N4S. The predicted octanol–water partition coefficient (Wildman–Crippen LogP) is 2.64. The van der Waals surface area contributed by atoms with E-state index >= 15 is 0 Å². The van der Waals surface area contributed by atoms with E-state index in [4.69, 9.17) is 17.5 Å². The molecule has 0 aromatic carbocycles. The van der Waals surface area contributed by atoms with Crippen molar-refractivity contribution in [3.8, 4) is 6.07 Å². The third-order valence-corrected chi connectivity index (χ3v) is 4.87. The van der Waals surface area contributed by atoms with Gasteiger partial charge in [-0.05, 0) is 54.6 Å². The first-order valence-electron chi connectivity index (χ1n) is 7.76. The summed E-state index contributed by atoms with van der Waals surface area (Å²) in [5.74, 6) is 1.33. The Morgan fingerprint density at radius 2 is 2.18 bits per heavy atom. The Bertz CT molecular complexity index is 592. The number of hydrogen-bond donors (Lipinski definition) is 1. The van der Waals surface area contributed by atoms with Crippen LogP contribution in [0.15, 0.2) is 36.7 Å². The van der Waals surface area contributed by atoms with Crippen molar-refractivity contribution in [3.63, 3.8) is 0 Å². The first-order valence-corrected chi connectivity index (χ1v) is 8.16. The molecule has 114 valence electrons. The average Bonchev–Trinajstić information content (AvgIpc) is 3.15. The van der Waals surface area contributed by atoms with Gasteiger partial charge in [-0.2, -0.15) is 5.26 Å². The van der Waals surface area contributed by atoms with Crippen molar-refractivity contribution in [1.82, 2.24) is 15.2 Å². The molecule has 0 spiro atoms. The molecule has 1 N–H and O–H groups in total. The third-order valence-electron chi connectivity index (χ3n) is 4.49. The Balaban J connectivity index is 1.62. The van der Waals surface area contributed by atoms with E-state index in [0.29, 0.717) is 31.5 Å². The molecule has 2 aliphatic rings. The molecule has 0 amide bonds. The first kappa shape index (κ1) is 15.0. The second-order valence-electron chi connectivity index (χ2n) is 6.02. The highest BCUT2D eigenvalue weighted by molar-refractivity contribution is 7.80. The Hall–Kier alpha value is -1.93. The van der Waals surface area contributed by atoms with E-state index in [-0.39, 0.29) is 0 Å². The van der Waals surface area contributed by atoms with Gasteiger partial charge in [0.25, 0.3) is 0 Å². The molecular weight excluding hydrogens is 292 g/mol. The Morgan fingerprint density at radius 3 is 2.82 bits per heavy atom. The van der Waals surface area contributed by atoms with Gasteiger partial charge >= 0.3 is 0 Å². The summed E-state index contributed by atoms with van der Waals surface area (Å²) in [6.45, 7) is 1.37. The van der Waals surface area contributed by atoms with Gasteiger partial charge in [-0.25, -0.2) is 0 Å². The minimum Gasteiger partial charge on any atom is -0.359 e. The van der Waals surface area contributed by atoms with E-state index in [9.17, 15) is 0 Å². The van der Waals surface area contributed by atoms with Crippen molar-refractivity contribution in [2.45, 2.75) is 31.8 Å². The van der Waals surface area contributed by atoms with Crippen molar-refractivity contribution >= 4 is 17.3 Å². The van der Waals surface area contributed by atoms with Crippen molar-refractivity contribution in [2.75, 3.05) is 6.54 Å². The monoisotopic (exact) mass is 312 g/mol. The van der Waals surface area contributed by atoms with Crippen LogP contribution in [0.5, 0.6) is 0 Å². The van der Waals surface area contributed by atoms with Crippen LogP contribution in [0.3, 0.4) is 0 Å². The SMILES string of the molecule is N#CCCN(Cc1ccncc1)C(=S)N[C@H]1C[C@@H]2C=C[C@H]1C2. The molecule has 0 radical (unpaired) electrons. The molecule has 0 unspecified atom stereocenters. The predicted molar refractivity (Wildman–Crippen MR) is 89.8 cm³/mol. The van der Waals surface area contributed by atoms with Crippen LogP contribution in [-0.2, 0) is 6.54 Å². The largest absolute Gasteiger partial charge is 0.359 e. The second-order valence-corrected chi connectivity index (χ2v) is 6.41. The maximum atomic E-state index is 8.87. The summed E-state index contributed by atoms with van der Waals surface area (Å²) in [5.41, 5.74) is 1.16. The molecule has 1 heterocycles. The van der Waals surface area contributed by atoms with Crippen LogP contribution in [0.4, 0.5) is 0 Å². The number of rotatable bonds is 5. The van der Waals surface area contributed by atoms with Gasteiger partial charge in [-0.15, -0.1) is 0 Å². The van der Waals surface area contributed by atoms with Crippen molar-refractivity contribution in [2.24, 2.45) is 11.8 Å². The van der Waals surface area contributed by atoms with Gasteiger partial charge in [0.1, 0.15) is 0 Å². The highest BCUT2D eigenvalue weighted by Crippen LogP contribution is 2.39. The number of pyridine rings is 1. The topological polar surface area (TPSA) is 52.0 Å². The molecule has 22 heavy (non-hydrogen) atoms. The third kappa shape index (κ3) is 3.45. The van der Waals surface area contributed by atoms with Gasteiger partial charge in [-0.1, -0.05) is 12.2 Å². The van der Waals surface area contributed by atoms with Gasteiger partial charge in [-0.3, -0.25) is 4.98 Å². The van der Waals surface area contributed by atoms with Crippen LogP contribution < -0.4 is 5.32 Å². The first-order chi connectivity index (χ1) is 10.8. The zero-order valence-electron chi connectivity index (χ0n) is 12.5. The fourth-order valence-corrected chi connectivity index (χ4v) is 3.65. The molecule has 1 aromatic heterocycles. The summed E-state index contributed by atoms with van der Waals surface area (Å²) >= 11 is 5.61. The summed E-state index contributed by atoms with van der Waals surface area (Å²) in [5, 5.41) is 13.2. The minimum atomic E-state index is 0.449. The summed E-state index contributed by atoms with van der Waals surface area (Å²) in [6, 6.07) is 6.63. The lowest BCUT2D eigenvalue weighted by atomic mass is 10.0. The Labute approximate surface area is 136 Å². The molecule has 1 fully saturated rings. The van der Waals surface area contributed by atoms with Crippen molar-refractivity contribution < 1.29 is 0 Å². The van der Waals surface area contributed by atoms with Crippen molar-refractivity contribution in [1.29, 1.82) is 5.26 Å². The summed E-state index contributed by atoms with van der Waals surface area (Å²) in [7, 11) is 0. The van der Waals surface area contributed by atoms with E-state index in [1.807, 2.05) is 12.1 Å². The Morgan fingerprint density at radius 1 is 1.36 bits per heavy atom. The Kier molecular flexibility index (Phi) is 4.69.